The van der Waals surface area contributed by atoms with Gasteiger partial charge in [0.2, 0.25) is 0 Å². The van der Waals surface area contributed by atoms with E-state index >= 15 is 0 Å². The van der Waals surface area contributed by atoms with Crippen molar-refractivity contribution in [2.75, 3.05) is 13.7 Å². The molecule has 20 heavy (non-hydrogen) atoms. The number of aliphatic hydroxyl groups excluding tert-OH is 1. The monoisotopic (exact) mass is 273 g/mol. The molecular weight excluding hydrogens is 258 g/mol. The zero-order valence-corrected chi connectivity index (χ0v) is 11.1. The third kappa shape index (κ3) is 2.78. The number of pyridine rings is 1. The number of carbonyl (C=O) groups excluding carboxylic acids is 1. The van der Waals surface area contributed by atoms with E-state index in [9.17, 15) is 9.59 Å². The number of hydrogen-bond acceptors (Lipinski definition) is 4. The Balaban J connectivity index is 2.39. The van der Waals surface area contributed by atoms with Gasteiger partial charge in [-0.1, -0.05) is 12.1 Å². The molecule has 0 atom stereocenters. The molecule has 0 fully saturated rings. The maximum absolute atomic E-state index is 12.2. The minimum Gasteiger partial charge on any atom is -0.465 e. The van der Waals surface area contributed by atoms with Crippen molar-refractivity contribution in [3.63, 3.8) is 0 Å². The number of carbonyl (C=O) groups is 1. The van der Waals surface area contributed by atoms with Gasteiger partial charge in [0.15, 0.2) is 0 Å². The Bertz CT molecular complexity index is 658. The smallest absolute Gasteiger partial charge is 0.337 e. The zero-order valence-electron chi connectivity index (χ0n) is 11.1. The Morgan fingerprint density at radius 2 is 1.95 bits per heavy atom. The van der Waals surface area contributed by atoms with E-state index in [1.54, 1.807) is 42.6 Å². The lowest BCUT2D eigenvalue weighted by molar-refractivity contribution is 0.0601. The van der Waals surface area contributed by atoms with E-state index in [2.05, 4.69) is 4.74 Å². The molecule has 0 saturated heterocycles. The molecule has 1 aromatic heterocycles. The molecule has 0 bridgehead atoms. The molecule has 0 amide bonds. The predicted octanol–water partition coefficient (Wildman–Crippen LogP) is 1.29. The van der Waals surface area contributed by atoms with Gasteiger partial charge in [0, 0.05) is 18.3 Å². The van der Waals surface area contributed by atoms with Crippen molar-refractivity contribution in [2.24, 2.45) is 0 Å². The van der Waals surface area contributed by atoms with Crippen molar-refractivity contribution >= 4 is 5.97 Å². The molecule has 2 aromatic rings. The van der Waals surface area contributed by atoms with Gasteiger partial charge in [0.05, 0.1) is 19.3 Å². The SMILES string of the molecule is COC(=O)c1ccc(-c2cccn(CCO)c2=O)cc1. The van der Waals surface area contributed by atoms with Crippen molar-refractivity contribution in [1.29, 1.82) is 0 Å². The zero-order chi connectivity index (χ0) is 14.5. The van der Waals surface area contributed by atoms with Gasteiger partial charge in [-0.05, 0) is 29.8 Å². The fourth-order valence-corrected chi connectivity index (χ4v) is 1.94. The second-order valence-corrected chi connectivity index (χ2v) is 4.21. The second-order valence-electron chi connectivity index (χ2n) is 4.21. The molecule has 104 valence electrons. The maximum atomic E-state index is 12.2. The quantitative estimate of drug-likeness (QED) is 0.852. The number of methoxy groups -OCH3 is 1. The molecule has 0 spiro atoms. The highest BCUT2D eigenvalue weighted by atomic mass is 16.5. The number of ether oxygens (including phenoxy) is 1. The molecular formula is C15H15NO4. The molecule has 1 aromatic carbocycles. The van der Waals surface area contributed by atoms with Gasteiger partial charge in [0.25, 0.3) is 5.56 Å². The Morgan fingerprint density at radius 1 is 1.25 bits per heavy atom. The fraction of sp³-hybridized carbons (Fsp3) is 0.200. The van der Waals surface area contributed by atoms with Crippen LogP contribution < -0.4 is 5.56 Å². The summed E-state index contributed by atoms with van der Waals surface area (Å²) in [6.07, 6.45) is 1.63. The standard InChI is InChI=1S/C15H15NO4/c1-20-15(19)12-6-4-11(5-7-12)13-3-2-8-16(9-10-17)14(13)18/h2-8,17H,9-10H2,1H3. The molecule has 0 aliphatic heterocycles. The van der Waals surface area contributed by atoms with Crippen LogP contribution in [0.15, 0.2) is 47.4 Å². The molecule has 1 N–H and O–H groups in total. The van der Waals surface area contributed by atoms with Crippen LogP contribution in [0.4, 0.5) is 0 Å². The lowest BCUT2D eigenvalue weighted by Crippen LogP contribution is -2.22. The van der Waals surface area contributed by atoms with Crippen molar-refractivity contribution in [2.45, 2.75) is 6.54 Å². The minimum absolute atomic E-state index is 0.0926. The first-order valence-corrected chi connectivity index (χ1v) is 6.16. The Kier molecular flexibility index (Phi) is 4.32. The topological polar surface area (TPSA) is 68.5 Å². The van der Waals surface area contributed by atoms with Crippen LogP contribution >= 0.6 is 0 Å². The first kappa shape index (κ1) is 14.0. The van der Waals surface area contributed by atoms with Crippen LogP contribution in [0.2, 0.25) is 0 Å². The van der Waals surface area contributed by atoms with Crippen LogP contribution in [0.3, 0.4) is 0 Å². The number of esters is 1. The van der Waals surface area contributed by atoms with Crippen molar-refractivity contribution < 1.29 is 14.6 Å². The lowest BCUT2D eigenvalue weighted by Gasteiger charge is -2.07. The molecule has 0 saturated carbocycles. The van der Waals surface area contributed by atoms with Crippen LogP contribution in [0.5, 0.6) is 0 Å². The lowest BCUT2D eigenvalue weighted by atomic mass is 10.1. The molecule has 1 heterocycles. The first-order chi connectivity index (χ1) is 9.67. The van der Waals surface area contributed by atoms with Crippen molar-refractivity contribution in [1.82, 2.24) is 4.57 Å². The normalized spacial score (nSPS) is 10.3. The maximum Gasteiger partial charge on any atom is 0.337 e. The molecule has 5 nitrogen and oxygen atoms in total. The first-order valence-electron chi connectivity index (χ1n) is 6.16. The van der Waals surface area contributed by atoms with E-state index in [1.165, 1.54) is 11.7 Å². The van der Waals surface area contributed by atoms with E-state index in [-0.39, 0.29) is 18.7 Å². The molecule has 0 radical (unpaired) electrons. The third-order valence-electron chi connectivity index (χ3n) is 2.98. The summed E-state index contributed by atoms with van der Waals surface area (Å²) in [7, 11) is 1.32. The summed E-state index contributed by atoms with van der Waals surface area (Å²) in [6, 6.07) is 10.1. The van der Waals surface area contributed by atoms with E-state index in [0.29, 0.717) is 11.1 Å². The summed E-state index contributed by atoms with van der Waals surface area (Å²) in [5.41, 5.74) is 1.50. The highest BCUT2D eigenvalue weighted by Crippen LogP contribution is 2.16. The molecule has 2 rings (SSSR count). The average molecular weight is 273 g/mol. The van der Waals surface area contributed by atoms with Crippen molar-refractivity contribution in [3.8, 4) is 11.1 Å². The fourth-order valence-electron chi connectivity index (χ4n) is 1.94. The molecule has 0 unspecified atom stereocenters. The number of benzene rings is 1. The van der Waals surface area contributed by atoms with Crippen LogP contribution in [-0.4, -0.2) is 29.4 Å². The van der Waals surface area contributed by atoms with Crippen LogP contribution in [0, 0.1) is 0 Å². The van der Waals surface area contributed by atoms with Gasteiger partial charge >= 0.3 is 5.97 Å². The average Bonchev–Trinajstić information content (AvgIpc) is 2.49. The van der Waals surface area contributed by atoms with Crippen LogP contribution in [0.1, 0.15) is 10.4 Å². The number of hydrogen-bond donors (Lipinski definition) is 1. The van der Waals surface area contributed by atoms with Gasteiger partial charge < -0.3 is 14.4 Å². The van der Waals surface area contributed by atoms with Gasteiger partial charge in [-0.25, -0.2) is 4.79 Å². The summed E-state index contributed by atoms with van der Waals surface area (Å²) in [6.45, 7) is 0.164. The van der Waals surface area contributed by atoms with Gasteiger partial charge in [0.1, 0.15) is 0 Å². The highest BCUT2D eigenvalue weighted by molar-refractivity contribution is 5.89. The van der Waals surface area contributed by atoms with Gasteiger partial charge in [-0.3, -0.25) is 4.79 Å². The summed E-state index contributed by atoms with van der Waals surface area (Å²) in [4.78, 5) is 23.5. The highest BCUT2D eigenvalue weighted by Gasteiger charge is 2.08. The van der Waals surface area contributed by atoms with Crippen molar-refractivity contribution in [3.05, 3.63) is 58.5 Å². The van der Waals surface area contributed by atoms with E-state index < -0.39 is 5.97 Å². The minimum atomic E-state index is -0.415. The molecule has 0 aliphatic carbocycles. The van der Waals surface area contributed by atoms with Gasteiger partial charge in [-0.15, -0.1) is 0 Å². The predicted molar refractivity (Wildman–Crippen MR) is 74.6 cm³/mol. The number of rotatable bonds is 4. The number of aromatic nitrogens is 1. The third-order valence-corrected chi connectivity index (χ3v) is 2.98. The number of nitrogens with zero attached hydrogens (tertiary/aromatic N) is 1. The Labute approximate surface area is 116 Å². The Morgan fingerprint density at radius 3 is 2.55 bits per heavy atom. The Hall–Kier alpha value is -2.40. The van der Waals surface area contributed by atoms with Crippen LogP contribution in [-0.2, 0) is 11.3 Å². The van der Waals surface area contributed by atoms with Crippen LogP contribution in [0.25, 0.3) is 11.1 Å². The van der Waals surface area contributed by atoms with E-state index in [0.717, 1.165) is 5.56 Å². The summed E-state index contributed by atoms with van der Waals surface area (Å²) in [5.74, 6) is -0.415. The number of aliphatic hydroxyl groups is 1. The summed E-state index contributed by atoms with van der Waals surface area (Å²) >= 11 is 0. The molecule has 0 aliphatic rings. The van der Waals surface area contributed by atoms with E-state index in [1.807, 2.05) is 0 Å². The van der Waals surface area contributed by atoms with E-state index in [4.69, 9.17) is 5.11 Å². The molecule has 5 heteroatoms. The second kappa shape index (κ2) is 6.16. The summed E-state index contributed by atoms with van der Waals surface area (Å²) in [5, 5.41) is 8.92. The van der Waals surface area contributed by atoms with Gasteiger partial charge in [-0.2, -0.15) is 0 Å². The largest absolute Gasteiger partial charge is 0.465 e. The summed E-state index contributed by atoms with van der Waals surface area (Å²) < 4.78 is 6.07.